The zero-order chi connectivity index (χ0) is 25.2. The summed E-state index contributed by atoms with van der Waals surface area (Å²) in [6.45, 7) is 1.80. The van der Waals surface area contributed by atoms with Crippen LogP contribution in [0.5, 0.6) is 17.5 Å². The first-order chi connectivity index (χ1) is 17.4. The van der Waals surface area contributed by atoms with Gasteiger partial charge in [0, 0.05) is 29.1 Å². The predicted octanol–water partition coefficient (Wildman–Crippen LogP) is 3.74. The molecule has 36 heavy (non-hydrogen) atoms. The number of aromatic nitrogens is 5. The molecule has 4 N–H and O–H groups in total. The van der Waals surface area contributed by atoms with Crippen LogP contribution in [0.3, 0.4) is 0 Å². The van der Waals surface area contributed by atoms with Crippen LogP contribution in [-0.4, -0.2) is 48.1 Å². The van der Waals surface area contributed by atoms with Crippen LogP contribution in [0.1, 0.15) is 21.9 Å². The second-order valence-electron chi connectivity index (χ2n) is 8.08. The number of carbonyl (C=O) groups is 1. The fraction of sp³-hybridized carbons (Fsp3) is 0.115. The molecule has 3 heterocycles. The zero-order valence-corrected chi connectivity index (χ0v) is 19.5. The van der Waals surface area contributed by atoms with Crippen LogP contribution < -0.4 is 10.1 Å². The first-order valence-corrected chi connectivity index (χ1v) is 11.1. The highest BCUT2D eigenvalue weighted by Crippen LogP contribution is 2.35. The number of benzene rings is 2. The number of hydrogen-bond acceptors (Lipinski definition) is 8. The number of pyridine rings is 1. The molecule has 10 heteroatoms. The van der Waals surface area contributed by atoms with Crippen molar-refractivity contribution in [3.63, 3.8) is 0 Å². The number of fused-ring (bicyclic) bond motifs is 1. The van der Waals surface area contributed by atoms with E-state index in [1.54, 1.807) is 56.6 Å². The minimum Gasteiger partial charge on any atom is -0.507 e. The average molecular weight is 483 g/mol. The van der Waals surface area contributed by atoms with E-state index in [-0.39, 0.29) is 24.1 Å². The van der Waals surface area contributed by atoms with Crippen LogP contribution in [0.25, 0.3) is 33.5 Å². The second-order valence-corrected chi connectivity index (χ2v) is 8.08. The number of aromatic hydroxyl groups is 2. The number of nitrogens with zero attached hydrogens (tertiary/aromatic N) is 4. The maximum Gasteiger partial charge on any atom is 0.251 e. The first kappa shape index (κ1) is 22.8. The smallest absolute Gasteiger partial charge is 0.251 e. The largest absolute Gasteiger partial charge is 0.507 e. The molecule has 0 aliphatic rings. The third-order valence-electron chi connectivity index (χ3n) is 5.57. The van der Waals surface area contributed by atoms with Gasteiger partial charge in [0.05, 0.1) is 30.3 Å². The highest BCUT2D eigenvalue weighted by atomic mass is 16.5. The summed E-state index contributed by atoms with van der Waals surface area (Å²) in [5, 5.41) is 22.9. The lowest BCUT2D eigenvalue weighted by molar-refractivity contribution is 0.0949. The molecule has 0 aliphatic heterocycles. The molecular weight excluding hydrogens is 460 g/mol. The number of aryl methyl sites for hydroxylation is 1. The van der Waals surface area contributed by atoms with Gasteiger partial charge in [0.15, 0.2) is 5.82 Å². The molecule has 180 valence electrons. The van der Waals surface area contributed by atoms with Crippen LogP contribution in [0, 0.1) is 6.92 Å². The Morgan fingerprint density at radius 2 is 1.89 bits per heavy atom. The van der Waals surface area contributed by atoms with Crippen molar-refractivity contribution in [3.8, 4) is 40.0 Å². The molecule has 0 unspecified atom stereocenters. The lowest BCUT2D eigenvalue weighted by Gasteiger charge is -2.09. The monoisotopic (exact) mass is 482 g/mol. The third kappa shape index (κ3) is 4.51. The molecule has 0 aliphatic carbocycles. The molecule has 0 fully saturated rings. The number of rotatable bonds is 6. The fourth-order valence-corrected chi connectivity index (χ4v) is 3.89. The number of phenolic OH excluding ortho intramolecular Hbond substituents is 1. The van der Waals surface area contributed by atoms with E-state index < -0.39 is 0 Å². The number of phenols is 1. The van der Waals surface area contributed by atoms with Gasteiger partial charge >= 0.3 is 0 Å². The number of methoxy groups -OCH3 is 1. The van der Waals surface area contributed by atoms with E-state index in [4.69, 9.17) is 4.74 Å². The van der Waals surface area contributed by atoms with E-state index in [1.807, 2.05) is 12.1 Å². The van der Waals surface area contributed by atoms with Crippen molar-refractivity contribution < 1.29 is 19.7 Å². The van der Waals surface area contributed by atoms with Crippen molar-refractivity contribution in [3.05, 3.63) is 77.9 Å². The number of amides is 1. The Morgan fingerprint density at radius 3 is 2.69 bits per heavy atom. The van der Waals surface area contributed by atoms with Crippen molar-refractivity contribution in [1.82, 2.24) is 30.2 Å². The van der Waals surface area contributed by atoms with Gasteiger partial charge in [-0.1, -0.05) is 6.07 Å². The summed E-state index contributed by atoms with van der Waals surface area (Å²) >= 11 is 0. The number of hydrogen-bond donors (Lipinski definition) is 4. The van der Waals surface area contributed by atoms with E-state index in [2.05, 4.69) is 30.2 Å². The molecule has 5 aromatic rings. The van der Waals surface area contributed by atoms with Crippen molar-refractivity contribution in [2.75, 3.05) is 7.11 Å². The van der Waals surface area contributed by atoms with E-state index in [9.17, 15) is 15.0 Å². The molecule has 0 atom stereocenters. The van der Waals surface area contributed by atoms with Crippen molar-refractivity contribution >= 4 is 16.9 Å². The summed E-state index contributed by atoms with van der Waals surface area (Å²) in [6.07, 6.45) is 1.65. The molecule has 0 saturated heterocycles. The van der Waals surface area contributed by atoms with Gasteiger partial charge in [-0.25, -0.2) is 15.0 Å². The summed E-state index contributed by atoms with van der Waals surface area (Å²) in [6, 6.07) is 15.4. The summed E-state index contributed by atoms with van der Waals surface area (Å²) in [5.74, 6) is 0.810. The molecule has 5 rings (SSSR count). The SMILES string of the molecule is COc1ncccc1-c1ccc(O)c(-c2nc3cc(C(=O)NCc4nc(C)cc(O)n4)ccc3[nH]2)c1. The van der Waals surface area contributed by atoms with Gasteiger partial charge in [-0.15, -0.1) is 0 Å². The minimum absolute atomic E-state index is 0.0556. The first-order valence-electron chi connectivity index (χ1n) is 11.1. The van der Waals surface area contributed by atoms with Crippen LogP contribution in [0.2, 0.25) is 0 Å². The zero-order valence-electron chi connectivity index (χ0n) is 19.5. The Hall–Kier alpha value is -4.99. The van der Waals surface area contributed by atoms with Crippen LogP contribution >= 0.6 is 0 Å². The number of nitrogens with one attached hydrogen (secondary N) is 2. The summed E-state index contributed by atoms with van der Waals surface area (Å²) in [5.41, 5.74) is 4.35. The number of H-pyrrole nitrogens is 1. The quantitative estimate of drug-likeness (QED) is 0.286. The average Bonchev–Trinajstić information content (AvgIpc) is 3.30. The Labute approximate surface area is 205 Å². The van der Waals surface area contributed by atoms with Gasteiger partial charge in [0.25, 0.3) is 5.91 Å². The minimum atomic E-state index is -0.334. The number of aromatic amines is 1. The second kappa shape index (κ2) is 9.34. The number of imidazole rings is 1. The Bertz CT molecular complexity index is 1580. The van der Waals surface area contributed by atoms with Crippen molar-refractivity contribution in [2.45, 2.75) is 13.5 Å². The maximum atomic E-state index is 12.7. The fourth-order valence-electron chi connectivity index (χ4n) is 3.89. The van der Waals surface area contributed by atoms with Gasteiger partial charge in [0.1, 0.15) is 11.6 Å². The van der Waals surface area contributed by atoms with Gasteiger partial charge in [-0.05, 0) is 55.0 Å². The highest BCUT2D eigenvalue weighted by Gasteiger charge is 2.15. The van der Waals surface area contributed by atoms with E-state index in [0.717, 1.165) is 11.1 Å². The van der Waals surface area contributed by atoms with Crippen LogP contribution in [0.4, 0.5) is 0 Å². The topological polar surface area (TPSA) is 146 Å². The van der Waals surface area contributed by atoms with Gasteiger partial charge < -0.3 is 25.3 Å². The number of ether oxygens (including phenoxy) is 1. The summed E-state index contributed by atoms with van der Waals surface area (Å²) in [7, 11) is 1.55. The van der Waals surface area contributed by atoms with Gasteiger partial charge in [0.2, 0.25) is 11.8 Å². The standard InChI is InChI=1S/C26H22N6O4/c1-14-10-23(34)32-22(29-14)13-28-25(35)16-5-7-19-20(12-16)31-24(30-19)18-11-15(6-8-21(18)33)17-4-3-9-27-26(17)36-2/h3-12,33H,13H2,1-2H3,(H,28,35)(H,30,31)(H,29,32,34). The molecule has 3 aromatic heterocycles. The molecule has 0 saturated carbocycles. The van der Waals surface area contributed by atoms with E-state index >= 15 is 0 Å². The molecule has 0 radical (unpaired) electrons. The molecule has 0 spiro atoms. The lowest BCUT2D eigenvalue weighted by Crippen LogP contribution is -2.24. The summed E-state index contributed by atoms with van der Waals surface area (Å²) in [4.78, 5) is 32.8. The van der Waals surface area contributed by atoms with Crippen LogP contribution in [-0.2, 0) is 6.54 Å². The highest BCUT2D eigenvalue weighted by molar-refractivity contribution is 5.97. The van der Waals surface area contributed by atoms with Gasteiger partial charge in [-0.3, -0.25) is 4.79 Å². The lowest BCUT2D eigenvalue weighted by atomic mass is 10.0. The normalized spacial score (nSPS) is 10.9. The molecule has 2 aromatic carbocycles. The van der Waals surface area contributed by atoms with Gasteiger partial charge in [-0.2, -0.15) is 4.98 Å². The van der Waals surface area contributed by atoms with Crippen LogP contribution in [0.15, 0.2) is 60.8 Å². The Kier molecular flexibility index (Phi) is 5.91. The molecular formula is C26H22N6O4. The Morgan fingerprint density at radius 1 is 1.03 bits per heavy atom. The van der Waals surface area contributed by atoms with Crippen molar-refractivity contribution in [2.24, 2.45) is 0 Å². The third-order valence-corrected chi connectivity index (χ3v) is 5.57. The molecule has 1 amide bonds. The van der Waals surface area contributed by atoms with E-state index in [0.29, 0.717) is 45.4 Å². The Balaban J connectivity index is 1.42. The summed E-state index contributed by atoms with van der Waals surface area (Å²) < 4.78 is 5.36. The maximum absolute atomic E-state index is 12.7. The van der Waals surface area contributed by atoms with E-state index in [1.165, 1.54) is 6.07 Å². The molecule has 0 bridgehead atoms. The number of carbonyl (C=O) groups excluding carboxylic acids is 1. The molecule has 10 nitrogen and oxygen atoms in total. The van der Waals surface area contributed by atoms with Crippen molar-refractivity contribution in [1.29, 1.82) is 0 Å². The predicted molar refractivity (Wildman–Crippen MR) is 133 cm³/mol.